The molecule has 20 heavy (non-hydrogen) atoms. The molecular formula is C14H15ClN2O2S. The van der Waals surface area contributed by atoms with Crippen LogP contribution in [-0.4, -0.2) is 13.4 Å². The number of hydrogen-bond acceptors (Lipinski definition) is 3. The Bertz CT molecular complexity index is 738. The molecule has 0 aliphatic heterocycles. The van der Waals surface area contributed by atoms with Crippen LogP contribution in [0.5, 0.6) is 0 Å². The molecule has 0 atom stereocenters. The topological polar surface area (TPSA) is 59.1 Å². The molecule has 0 unspecified atom stereocenters. The van der Waals surface area contributed by atoms with Gasteiger partial charge in [0.1, 0.15) is 5.15 Å². The van der Waals surface area contributed by atoms with Gasteiger partial charge < -0.3 is 0 Å². The minimum Gasteiger partial charge on any atom is -0.278 e. The van der Waals surface area contributed by atoms with E-state index >= 15 is 0 Å². The second-order valence-electron chi connectivity index (χ2n) is 4.70. The van der Waals surface area contributed by atoms with E-state index in [0.717, 1.165) is 11.1 Å². The molecule has 0 amide bonds. The number of hydrogen-bond donors (Lipinski definition) is 1. The van der Waals surface area contributed by atoms with E-state index in [9.17, 15) is 8.42 Å². The number of nitrogens with one attached hydrogen (secondary N) is 1. The number of nitrogens with zero attached hydrogens (tertiary/aromatic N) is 1. The zero-order chi connectivity index (χ0) is 14.9. The normalized spacial score (nSPS) is 11.4. The Balaban J connectivity index is 2.40. The lowest BCUT2D eigenvalue weighted by atomic mass is 10.2. The zero-order valence-corrected chi connectivity index (χ0v) is 13.0. The minimum absolute atomic E-state index is 0.240. The van der Waals surface area contributed by atoms with Crippen molar-refractivity contribution in [2.45, 2.75) is 25.7 Å². The van der Waals surface area contributed by atoms with Gasteiger partial charge in [0.2, 0.25) is 0 Å². The van der Waals surface area contributed by atoms with E-state index in [0.29, 0.717) is 16.5 Å². The lowest BCUT2D eigenvalue weighted by Gasteiger charge is -2.11. The van der Waals surface area contributed by atoms with Crippen molar-refractivity contribution in [2.24, 2.45) is 0 Å². The number of aryl methyl sites for hydroxylation is 3. The summed E-state index contributed by atoms with van der Waals surface area (Å²) in [4.78, 5) is 4.27. The van der Waals surface area contributed by atoms with Gasteiger partial charge in [0.25, 0.3) is 10.0 Å². The maximum Gasteiger partial charge on any atom is 0.261 e. The van der Waals surface area contributed by atoms with Crippen LogP contribution in [0.1, 0.15) is 16.8 Å². The average molecular weight is 311 g/mol. The van der Waals surface area contributed by atoms with Crippen LogP contribution in [0.15, 0.2) is 35.2 Å². The molecule has 0 bridgehead atoms. The van der Waals surface area contributed by atoms with E-state index in [4.69, 9.17) is 11.6 Å². The van der Waals surface area contributed by atoms with Crippen molar-refractivity contribution in [1.82, 2.24) is 4.98 Å². The molecule has 1 N–H and O–H groups in total. The second kappa shape index (κ2) is 5.42. The molecular weight excluding hydrogens is 296 g/mol. The summed E-state index contributed by atoms with van der Waals surface area (Å²) in [5.41, 5.74) is 2.76. The van der Waals surface area contributed by atoms with E-state index < -0.39 is 10.0 Å². The fraction of sp³-hybridized carbons (Fsp3) is 0.214. The van der Waals surface area contributed by atoms with E-state index in [-0.39, 0.29) is 4.90 Å². The van der Waals surface area contributed by atoms with Crippen LogP contribution in [0.3, 0.4) is 0 Å². The van der Waals surface area contributed by atoms with Gasteiger partial charge >= 0.3 is 0 Å². The monoisotopic (exact) mass is 310 g/mol. The van der Waals surface area contributed by atoms with E-state index in [1.807, 2.05) is 19.9 Å². The molecule has 0 spiro atoms. The highest BCUT2D eigenvalue weighted by Gasteiger charge is 2.16. The standard InChI is InChI=1S/C14H15ClN2O2S/c1-9-6-10(2)8-12(7-9)20(18,19)17-13-4-5-14(15)16-11(13)3/h4-8,17H,1-3H3. The number of anilines is 1. The third kappa shape index (κ3) is 3.29. The third-order valence-corrected chi connectivity index (χ3v) is 4.36. The van der Waals surface area contributed by atoms with Gasteiger partial charge in [0.15, 0.2) is 0 Å². The molecule has 0 saturated heterocycles. The van der Waals surface area contributed by atoms with Crippen LogP contribution in [0, 0.1) is 20.8 Å². The number of rotatable bonds is 3. The van der Waals surface area contributed by atoms with Crippen LogP contribution in [0.4, 0.5) is 5.69 Å². The summed E-state index contributed by atoms with van der Waals surface area (Å²) in [7, 11) is -3.63. The van der Waals surface area contributed by atoms with Gasteiger partial charge in [0.05, 0.1) is 16.3 Å². The summed E-state index contributed by atoms with van der Waals surface area (Å²) in [6, 6.07) is 8.34. The summed E-state index contributed by atoms with van der Waals surface area (Å²) in [6.45, 7) is 5.42. The van der Waals surface area contributed by atoms with Gasteiger partial charge in [-0.2, -0.15) is 0 Å². The van der Waals surface area contributed by atoms with Gasteiger partial charge in [-0.3, -0.25) is 4.72 Å². The largest absolute Gasteiger partial charge is 0.278 e. The molecule has 106 valence electrons. The summed E-state index contributed by atoms with van der Waals surface area (Å²) in [5, 5.41) is 0.330. The van der Waals surface area contributed by atoms with Crippen molar-refractivity contribution < 1.29 is 8.42 Å². The molecule has 6 heteroatoms. The van der Waals surface area contributed by atoms with Gasteiger partial charge in [0, 0.05) is 0 Å². The van der Waals surface area contributed by atoms with Gasteiger partial charge in [-0.1, -0.05) is 17.7 Å². The van der Waals surface area contributed by atoms with Crippen LogP contribution < -0.4 is 4.72 Å². The lowest BCUT2D eigenvalue weighted by Crippen LogP contribution is -2.14. The Morgan fingerprint density at radius 1 is 1.05 bits per heavy atom. The quantitative estimate of drug-likeness (QED) is 0.883. The fourth-order valence-electron chi connectivity index (χ4n) is 1.93. The predicted molar refractivity (Wildman–Crippen MR) is 80.7 cm³/mol. The molecule has 1 heterocycles. The first-order valence-corrected chi connectivity index (χ1v) is 7.88. The predicted octanol–water partition coefficient (Wildman–Crippen LogP) is 3.46. The Morgan fingerprint density at radius 3 is 2.20 bits per heavy atom. The number of halogens is 1. The third-order valence-electron chi connectivity index (χ3n) is 2.80. The molecule has 1 aromatic heterocycles. The highest BCUT2D eigenvalue weighted by atomic mass is 35.5. The first kappa shape index (κ1) is 14.8. The molecule has 4 nitrogen and oxygen atoms in total. The van der Waals surface area contributed by atoms with Crippen molar-refractivity contribution in [1.29, 1.82) is 0 Å². The molecule has 0 fully saturated rings. The summed E-state index contributed by atoms with van der Waals surface area (Å²) in [5.74, 6) is 0. The fourth-order valence-corrected chi connectivity index (χ4v) is 3.42. The summed E-state index contributed by atoms with van der Waals surface area (Å²) in [6.07, 6.45) is 0. The van der Waals surface area contributed by atoms with Crippen LogP contribution in [0.2, 0.25) is 5.15 Å². The Morgan fingerprint density at radius 2 is 1.65 bits per heavy atom. The minimum atomic E-state index is -3.63. The van der Waals surface area contributed by atoms with Crippen LogP contribution >= 0.6 is 11.6 Å². The Hall–Kier alpha value is -1.59. The molecule has 0 aliphatic rings. The number of pyridine rings is 1. The Labute approximate surface area is 123 Å². The highest BCUT2D eigenvalue weighted by Crippen LogP contribution is 2.21. The highest BCUT2D eigenvalue weighted by molar-refractivity contribution is 7.92. The number of benzene rings is 1. The molecule has 1 aromatic carbocycles. The lowest BCUT2D eigenvalue weighted by molar-refractivity contribution is 0.601. The summed E-state index contributed by atoms with van der Waals surface area (Å²) < 4.78 is 27.3. The average Bonchev–Trinajstić information content (AvgIpc) is 2.31. The molecule has 0 radical (unpaired) electrons. The second-order valence-corrected chi connectivity index (χ2v) is 6.77. The molecule has 0 aliphatic carbocycles. The van der Waals surface area contributed by atoms with Crippen LogP contribution in [0.25, 0.3) is 0 Å². The molecule has 2 rings (SSSR count). The van der Waals surface area contributed by atoms with Crippen molar-refractivity contribution >= 4 is 27.3 Å². The number of aromatic nitrogens is 1. The Kier molecular flexibility index (Phi) is 4.01. The SMILES string of the molecule is Cc1cc(C)cc(S(=O)(=O)Nc2ccc(Cl)nc2C)c1. The number of sulfonamides is 1. The van der Waals surface area contributed by atoms with E-state index in [1.165, 1.54) is 0 Å². The zero-order valence-electron chi connectivity index (χ0n) is 11.4. The first-order valence-electron chi connectivity index (χ1n) is 6.02. The van der Waals surface area contributed by atoms with Gasteiger partial charge in [-0.05, 0) is 56.2 Å². The smallest absolute Gasteiger partial charge is 0.261 e. The van der Waals surface area contributed by atoms with E-state index in [2.05, 4.69) is 9.71 Å². The first-order chi connectivity index (χ1) is 9.28. The van der Waals surface area contributed by atoms with Crippen LogP contribution in [-0.2, 0) is 10.0 Å². The van der Waals surface area contributed by atoms with Gasteiger partial charge in [-0.25, -0.2) is 13.4 Å². The maximum absolute atomic E-state index is 12.4. The van der Waals surface area contributed by atoms with Crippen molar-refractivity contribution in [3.63, 3.8) is 0 Å². The molecule has 2 aromatic rings. The summed E-state index contributed by atoms with van der Waals surface area (Å²) >= 11 is 5.76. The van der Waals surface area contributed by atoms with Crippen molar-refractivity contribution in [3.05, 3.63) is 52.3 Å². The molecule has 0 saturated carbocycles. The van der Waals surface area contributed by atoms with Gasteiger partial charge in [-0.15, -0.1) is 0 Å². The van der Waals surface area contributed by atoms with E-state index in [1.54, 1.807) is 31.2 Å². The maximum atomic E-state index is 12.4. The van der Waals surface area contributed by atoms with Crippen molar-refractivity contribution in [3.8, 4) is 0 Å². The van der Waals surface area contributed by atoms with Crippen molar-refractivity contribution in [2.75, 3.05) is 4.72 Å².